The Morgan fingerprint density at radius 2 is 1.90 bits per heavy atom. The van der Waals surface area contributed by atoms with Gasteiger partial charge in [-0.05, 0) is 41.8 Å². The molecule has 0 atom stereocenters. The molecule has 0 radical (unpaired) electrons. The smallest absolute Gasteiger partial charge is 0.336 e. The highest BCUT2D eigenvalue weighted by atomic mass is 35.5. The molecule has 4 aromatic rings. The second-order valence-corrected chi connectivity index (χ2v) is 8.10. The van der Waals surface area contributed by atoms with E-state index in [0.717, 1.165) is 4.57 Å². The van der Waals surface area contributed by atoms with E-state index in [1.54, 1.807) is 67.0 Å². The van der Waals surface area contributed by atoms with Crippen molar-refractivity contribution in [2.45, 2.75) is 6.54 Å². The van der Waals surface area contributed by atoms with Crippen molar-refractivity contribution in [3.63, 3.8) is 0 Å². The fraction of sp³-hybridized carbons (Fsp3) is 0.136. The van der Waals surface area contributed by atoms with Gasteiger partial charge < -0.3 is 9.64 Å². The zero-order valence-electron chi connectivity index (χ0n) is 16.7. The summed E-state index contributed by atoms with van der Waals surface area (Å²) >= 11 is 7.25. The Bertz CT molecular complexity index is 1410. The van der Waals surface area contributed by atoms with E-state index in [0.29, 0.717) is 32.4 Å². The third-order valence-corrected chi connectivity index (χ3v) is 6.07. The Kier molecular flexibility index (Phi) is 5.67. The van der Waals surface area contributed by atoms with E-state index < -0.39 is 11.2 Å². The Balaban J connectivity index is 1.85. The highest BCUT2D eigenvalue weighted by Gasteiger charge is 2.21. The highest BCUT2D eigenvalue weighted by Crippen LogP contribution is 2.23. The standard InChI is InChI=1S/C22H18ClN3O4S/c1-24(15-7-5-6-14(23)12-15)19(27)13-25-17-10-11-31-20(17)21(28)26(22(25)29)16-8-3-4-9-18(16)30-2/h3-12H,13H2,1-2H3. The van der Waals surface area contributed by atoms with Crippen LogP contribution < -0.4 is 20.9 Å². The number of amides is 1. The lowest BCUT2D eigenvalue weighted by atomic mass is 10.2. The van der Waals surface area contributed by atoms with Crippen LogP contribution in [-0.2, 0) is 11.3 Å². The minimum Gasteiger partial charge on any atom is -0.495 e. The minimum absolute atomic E-state index is 0.246. The van der Waals surface area contributed by atoms with E-state index in [1.807, 2.05) is 0 Å². The number of para-hydroxylation sites is 2. The topological polar surface area (TPSA) is 73.5 Å². The largest absolute Gasteiger partial charge is 0.495 e. The summed E-state index contributed by atoms with van der Waals surface area (Å²) in [6.07, 6.45) is 0. The molecule has 0 N–H and O–H groups in total. The van der Waals surface area contributed by atoms with E-state index >= 15 is 0 Å². The first-order valence-corrected chi connectivity index (χ1v) is 10.6. The molecule has 9 heteroatoms. The number of anilines is 1. The average molecular weight is 456 g/mol. The van der Waals surface area contributed by atoms with Gasteiger partial charge in [-0.2, -0.15) is 0 Å². The first-order valence-electron chi connectivity index (χ1n) is 9.31. The first kappa shape index (κ1) is 20.9. The Morgan fingerprint density at radius 1 is 1.13 bits per heavy atom. The number of nitrogens with zero attached hydrogens (tertiary/aromatic N) is 3. The third-order valence-electron chi connectivity index (χ3n) is 4.94. The Morgan fingerprint density at radius 3 is 2.65 bits per heavy atom. The van der Waals surface area contributed by atoms with Crippen molar-refractivity contribution < 1.29 is 9.53 Å². The molecule has 0 spiro atoms. The number of benzene rings is 2. The molecule has 2 aromatic heterocycles. The van der Waals surface area contributed by atoms with E-state index in [4.69, 9.17) is 16.3 Å². The predicted molar refractivity (Wildman–Crippen MR) is 123 cm³/mol. The maximum absolute atomic E-state index is 13.4. The number of likely N-dealkylation sites (N-methyl/N-ethyl adjacent to an activating group) is 1. The SMILES string of the molecule is COc1ccccc1-n1c(=O)c2sccc2n(CC(=O)N(C)c2cccc(Cl)c2)c1=O. The van der Waals surface area contributed by atoms with Gasteiger partial charge in [0.25, 0.3) is 5.56 Å². The van der Waals surface area contributed by atoms with Crippen LogP contribution >= 0.6 is 22.9 Å². The van der Waals surface area contributed by atoms with Crippen molar-refractivity contribution in [3.8, 4) is 11.4 Å². The van der Waals surface area contributed by atoms with Crippen LogP contribution in [-0.4, -0.2) is 29.2 Å². The Hall–Kier alpha value is -3.36. The number of hydrogen-bond donors (Lipinski definition) is 0. The van der Waals surface area contributed by atoms with Gasteiger partial charge in [-0.1, -0.05) is 29.8 Å². The highest BCUT2D eigenvalue weighted by molar-refractivity contribution is 7.17. The lowest BCUT2D eigenvalue weighted by Gasteiger charge is -2.19. The van der Waals surface area contributed by atoms with Crippen LogP contribution in [0.1, 0.15) is 0 Å². The maximum atomic E-state index is 13.4. The van der Waals surface area contributed by atoms with Gasteiger partial charge >= 0.3 is 5.69 Å². The normalized spacial score (nSPS) is 10.9. The molecular weight excluding hydrogens is 438 g/mol. The maximum Gasteiger partial charge on any atom is 0.336 e. The summed E-state index contributed by atoms with van der Waals surface area (Å²) in [5, 5.41) is 2.22. The summed E-state index contributed by atoms with van der Waals surface area (Å²) < 4.78 is 8.07. The number of rotatable bonds is 5. The van der Waals surface area contributed by atoms with Crippen LogP contribution in [0.2, 0.25) is 5.02 Å². The number of hydrogen-bond acceptors (Lipinski definition) is 5. The lowest BCUT2D eigenvalue weighted by Crippen LogP contribution is -2.42. The summed E-state index contributed by atoms with van der Waals surface area (Å²) in [6, 6.07) is 15.3. The van der Waals surface area contributed by atoms with Crippen molar-refractivity contribution in [2.24, 2.45) is 0 Å². The van der Waals surface area contributed by atoms with Crippen LogP contribution in [0, 0.1) is 0 Å². The number of halogens is 1. The van der Waals surface area contributed by atoms with Crippen LogP contribution in [0.25, 0.3) is 15.9 Å². The van der Waals surface area contributed by atoms with Gasteiger partial charge in [0, 0.05) is 17.8 Å². The Labute approximate surface area is 186 Å². The van der Waals surface area contributed by atoms with Crippen molar-refractivity contribution in [1.29, 1.82) is 0 Å². The molecule has 1 amide bonds. The predicted octanol–water partition coefficient (Wildman–Crippen LogP) is 3.54. The molecule has 0 saturated carbocycles. The number of fused-ring (bicyclic) bond motifs is 1. The van der Waals surface area contributed by atoms with Gasteiger partial charge in [-0.25, -0.2) is 9.36 Å². The van der Waals surface area contributed by atoms with Crippen LogP contribution in [0.15, 0.2) is 69.6 Å². The van der Waals surface area contributed by atoms with Crippen LogP contribution in [0.4, 0.5) is 5.69 Å². The lowest BCUT2D eigenvalue weighted by molar-refractivity contribution is -0.118. The summed E-state index contributed by atoms with van der Waals surface area (Å²) in [5.74, 6) is 0.0496. The zero-order valence-corrected chi connectivity index (χ0v) is 18.3. The van der Waals surface area contributed by atoms with Gasteiger partial charge in [0.2, 0.25) is 5.91 Å². The molecule has 0 saturated heterocycles. The molecule has 31 heavy (non-hydrogen) atoms. The molecule has 0 bridgehead atoms. The number of methoxy groups -OCH3 is 1. The average Bonchev–Trinajstić information content (AvgIpc) is 3.26. The van der Waals surface area contributed by atoms with Crippen molar-refractivity contribution in [3.05, 3.63) is 85.8 Å². The zero-order chi connectivity index (χ0) is 22.1. The van der Waals surface area contributed by atoms with Crippen molar-refractivity contribution >= 4 is 44.7 Å². The molecular formula is C22H18ClN3O4S. The van der Waals surface area contributed by atoms with Gasteiger partial charge in [-0.3, -0.25) is 14.2 Å². The molecule has 0 aliphatic rings. The number of ether oxygens (including phenoxy) is 1. The number of aromatic nitrogens is 2. The molecule has 4 rings (SSSR count). The monoisotopic (exact) mass is 455 g/mol. The van der Waals surface area contributed by atoms with Gasteiger partial charge in [0.1, 0.15) is 17.0 Å². The van der Waals surface area contributed by atoms with Crippen LogP contribution in [0.3, 0.4) is 0 Å². The van der Waals surface area contributed by atoms with Gasteiger partial charge in [0.05, 0.1) is 18.3 Å². The molecule has 0 unspecified atom stereocenters. The van der Waals surface area contributed by atoms with Gasteiger partial charge in [-0.15, -0.1) is 11.3 Å². The van der Waals surface area contributed by atoms with E-state index in [1.165, 1.54) is 27.9 Å². The number of carbonyl (C=O) groups is 1. The molecule has 0 aliphatic carbocycles. The fourth-order valence-electron chi connectivity index (χ4n) is 3.34. The van der Waals surface area contributed by atoms with Crippen molar-refractivity contribution in [2.75, 3.05) is 19.1 Å². The van der Waals surface area contributed by atoms with E-state index in [-0.39, 0.29) is 12.5 Å². The van der Waals surface area contributed by atoms with Gasteiger partial charge in [0.15, 0.2) is 0 Å². The number of thiophene rings is 1. The molecule has 158 valence electrons. The summed E-state index contributed by atoms with van der Waals surface area (Å²) in [5.41, 5.74) is 0.267. The minimum atomic E-state index is -0.617. The summed E-state index contributed by atoms with van der Waals surface area (Å²) in [6.45, 7) is -0.246. The second-order valence-electron chi connectivity index (χ2n) is 6.75. The number of carbonyl (C=O) groups excluding carboxylic acids is 1. The molecule has 7 nitrogen and oxygen atoms in total. The quantitative estimate of drug-likeness (QED) is 0.461. The third kappa shape index (κ3) is 3.75. The summed E-state index contributed by atoms with van der Waals surface area (Å²) in [4.78, 5) is 40.9. The van der Waals surface area contributed by atoms with Crippen LogP contribution in [0.5, 0.6) is 5.75 Å². The van der Waals surface area contributed by atoms with Crippen molar-refractivity contribution in [1.82, 2.24) is 9.13 Å². The van der Waals surface area contributed by atoms with E-state index in [2.05, 4.69) is 0 Å². The molecule has 2 heterocycles. The first-order chi connectivity index (χ1) is 14.9. The molecule has 2 aromatic carbocycles. The van der Waals surface area contributed by atoms with E-state index in [9.17, 15) is 14.4 Å². The summed E-state index contributed by atoms with van der Waals surface area (Å²) in [7, 11) is 3.08. The second kappa shape index (κ2) is 8.41. The molecule has 0 aliphatic heterocycles. The fourth-order valence-corrected chi connectivity index (χ4v) is 4.35. The molecule has 0 fully saturated rings.